The lowest BCUT2D eigenvalue weighted by atomic mass is 9.96. The molecule has 0 atom stereocenters. The van der Waals surface area contributed by atoms with Crippen LogP contribution in [-0.2, 0) is 11.8 Å². The third kappa shape index (κ3) is 4.14. The van der Waals surface area contributed by atoms with Crippen LogP contribution in [0.4, 0.5) is 11.6 Å². The van der Waals surface area contributed by atoms with Crippen LogP contribution in [0.3, 0.4) is 0 Å². The van der Waals surface area contributed by atoms with Gasteiger partial charge < -0.3 is 15.2 Å². The molecule has 2 rings (SSSR count). The van der Waals surface area contributed by atoms with Gasteiger partial charge in [0.2, 0.25) is 5.89 Å². The Morgan fingerprint density at radius 1 is 1.14 bits per heavy atom. The maximum absolute atomic E-state index is 4.94. The Labute approximate surface area is 124 Å². The molecule has 7 nitrogen and oxygen atoms in total. The largest absolute Gasteiger partial charge is 0.373 e. The van der Waals surface area contributed by atoms with Crippen molar-refractivity contribution in [3.63, 3.8) is 0 Å². The zero-order valence-electron chi connectivity index (χ0n) is 13.2. The van der Waals surface area contributed by atoms with Gasteiger partial charge in [0.25, 0.3) is 0 Å². The first-order chi connectivity index (χ1) is 9.88. The number of rotatable bonds is 5. The first kappa shape index (κ1) is 15.2. The summed E-state index contributed by atoms with van der Waals surface area (Å²) in [5.41, 5.74) is -0.103. The first-order valence-electron chi connectivity index (χ1n) is 6.99. The minimum Gasteiger partial charge on any atom is -0.373 e. The molecule has 0 saturated carbocycles. The van der Waals surface area contributed by atoms with E-state index >= 15 is 0 Å². The molecule has 2 heterocycles. The molecule has 0 aliphatic rings. The van der Waals surface area contributed by atoms with Gasteiger partial charge in [-0.15, -0.1) is 0 Å². The van der Waals surface area contributed by atoms with Crippen molar-refractivity contribution in [3.05, 3.63) is 23.6 Å². The fourth-order valence-electron chi connectivity index (χ4n) is 1.75. The molecule has 114 valence electrons. The van der Waals surface area contributed by atoms with E-state index in [2.05, 4.69) is 51.5 Å². The van der Waals surface area contributed by atoms with E-state index in [1.807, 2.05) is 13.1 Å². The predicted octanol–water partition coefficient (Wildman–Crippen LogP) is 2.16. The van der Waals surface area contributed by atoms with Crippen molar-refractivity contribution in [2.75, 3.05) is 24.2 Å². The van der Waals surface area contributed by atoms with Crippen LogP contribution in [0, 0.1) is 6.92 Å². The molecule has 0 radical (unpaired) electrons. The second-order valence-corrected chi connectivity index (χ2v) is 5.87. The average Bonchev–Trinajstić information content (AvgIpc) is 2.83. The van der Waals surface area contributed by atoms with E-state index in [4.69, 9.17) is 4.52 Å². The van der Waals surface area contributed by atoms with E-state index in [-0.39, 0.29) is 5.41 Å². The van der Waals surface area contributed by atoms with E-state index < -0.39 is 0 Å². The van der Waals surface area contributed by atoms with Crippen LogP contribution in [0.5, 0.6) is 0 Å². The molecule has 2 aromatic rings. The molecule has 0 unspecified atom stereocenters. The Morgan fingerprint density at radius 2 is 1.86 bits per heavy atom. The van der Waals surface area contributed by atoms with Crippen LogP contribution >= 0.6 is 0 Å². The smallest absolute Gasteiger partial charge is 0.223 e. The molecule has 0 aliphatic carbocycles. The minimum atomic E-state index is -0.103. The highest BCUT2D eigenvalue weighted by atomic mass is 16.5. The van der Waals surface area contributed by atoms with Gasteiger partial charge in [0.05, 0.1) is 0 Å². The molecule has 21 heavy (non-hydrogen) atoms. The van der Waals surface area contributed by atoms with Gasteiger partial charge in [0, 0.05) is 38.4 Å². The van der Waals surface area contributed by atoms with Crippen LogP contribution in [0.15, 0.2) is 10.6 Å². The van der Waals surface area contributed by atoms with Crippen LogP contribution in [0.1, 0.15) is 38.3 Å². The van der Waals surface area contributed by atoms with Crippen molar-refractivity contribution < 1.29 is 4.52 Å². The maximum atomic E-state index is 4.94. The summed E-state index contributed by atoms with van der Waals surface area (Å²) in [6.07, 6.45) is 0.682. The number of anilines is 2. The maximum Gasteiger partial charge on any atom is 0.223 e. The Morgan fingerprint density at radius 3 is 2.43 bits per heavy atom. The van der Waals surface area contributed by atoms with Crippen LogP contribution in [0.25, 0.3) is 0 Å². The first-order valence-corrected chi connectivity index (χ1v) is 6.99. The second-order valence-electron chi connectivity index (χ2n) is 5.87. The van der Waals surface area contributed by atoms with Gasteiger partial charge in [-0.2, -0.15) is 4.98 Å². The standard InChI is InChI=1S/C14H22N6O/c1-9-17-10(20-21-9)6-7-16-12-8-11(15-5)18-13(19-12)14(2,3)4/h8H,6-7H2,1-5H3,(H2,15,16,18,19). The molecule has 0 saturated heterocycles. The molecule has 0 aliphatic heterocycles. The monoisotopic (exact) mass is 290 g/mol. The van der Waals surface area contributed by atoms with Crippen LogP contribution in [-0.4, -0.2) is 33.7 Å². The Hall–Kier alpha value is -2.18. The van der Waals surface area contributed by atoms with Gasteiger partial charge in [0.15, 0.2) is 5.82 Å². The summed E-state index contributed by atoms with van der Waals surface area (Å²) in [5.74, 6) is 3.66. The summed E-state index contributed by atoms with van der Waals surface area (Å²) >= 11 is 0. The number of nitrogens with zero attached hydrogens (tertiary/aromatic N) is 4. The third-order valence-electron chi connectivity index (χ3n) is 2.88. The van der Waals surface area contributed by atoms with Crippen LogP contribution in [0.2, 0.25) is 0 Å². The average molecular weight is 290 g/mol. The van der Waals surface area contributed by atoms with E-state index in [9.17, 15) is 0 Å². The molecule has 0 amide bonds. The van der Waals surface area contributed by atoms with Crippen molar-refractivity contribution in [2.24, 2.45) is 0 Å². The Bertz CT molecular complexity index is 602. The van der Waals surface area contributed by atoms with E-state index in [0.717, 1.165) is 17.5 Å². The lowest BCUT2D eigenvalue weighted by Crippen LogP contribution is -2.18. The molecular formula is C14H22N6O. The highest BCUT2D eigenvalue weighted by Gasteiger charge is 2.19. The number of aromatic nitrogens is 4. The van der Waals surface area contributed by atoms with Gasteiger partial charge in [-0.3, -0.25) is 0 Å². The summed E-state index contributed by atoms with van der Waals surface area (Å²) in [7, 11) is 1.85. The highest BCUT2D eigenvalue weighted by molar-refractivity contribution is 5.47. The molecule has 2 N–H and O–H groups in total. The summed E-state index contributed by atoms with van der Waals surface area (Å²) in [4.78, 5) is 13.2. The van der Waals surface area contributed by atoms with Gasteiger partial charge >= 0.3 is 0 Å². The third-order valence-corrected chi connectivity index (χ3v) is 2.88. The minimum absolute atomic E-state index is 0.103. The van der Waals surface area contributed by atoms with Gasteiger partial charge in [-0.05, 0) is 0 Å². The molecule has 0 spiro atoms. The SMILES string of the molecule is CNc1cc(NCCc2noc(C)n2)nc(C(C)(C)C)n1. The second kappa shape index (κ2) is 6.07. The fraction of sp³-hybridized carbons (Fsp3) is 0.571. The Kier molecular flexibility index (Phi) is 4.40. The van der Waals surface area contributed by atoms with Gasteiger partial charge in [-0.25, -0.2) is 9.97 Å². The lowest BCUT2D eigenvalue weighted by molar-refractivity contribution is 0.387. The molecule has 0 fully saturated rings. The van der Waals surface area contributed by atoms with E-state index in [1.165, 1.54) is 0 Å². The van der Waals surface area contributed by atoms with Gasteiger partial charge in [0.1, 0.15) is 17.5 Å². The van der Waals surface area contributed by atoms with Crippen molar-refractivity contribution >= 4 is 11.6 Å². The molecule has 2 aromatic heterocycles. The molecule has 0 aromatic carbocycles. The zero-order valence-corrected chi connectivity index (χ0v) is 13.2. The molecule has 7 heteroatoms. The van der Waals surface area contributed by atoms with E-state index in [0.29, 0.717) is 24.7 Å². The van der Waals surface area contributed by atoms with Crippen molar-refractivity contribution in [3.8, 4) is 0 Å². The van der Waals surface area contributed by atoms with Crippen molar-refractivity contribution in [1.29, 1.82) is 0 Å². The van der Waals surface area contributed by atoms with Gasteiger partial charge in [-0.1, -0.05) is 25.9 Å². The zero-order chi connectivity index (χ0) is 15.5. The summed E-state index contributed by atoms with van der Waals surface area (Å²) in [6.45, 7) is 8.74. The predicted molar refractivity (Wildman–Crippen MR) is 81.5 cm³/mol. The number of nitrogens with one attached hydrogen (secondary N) is 2. The number of aryl methyl sites for hydroxylation is 1. The highest BCUT2D eigenvalue weighted by Crippen LogP contribution is 2.22. The molecular weight excluding hydrogens is 268 g/mol. The van der Waals surface area contributed by atoms with Crippen molar-refractivity contribution in [1.82, 2.24) is 20.1 Å². The molecule has 0 bridgehead atoms. The number of hydrogen-bond acceptors (Lipinski definition) is 7. The normalized spacial score (nSPS) is 11.5. The lowest BCUT2D eigenvalue weighted by Gasteiger charge is -2.18. The quantitative estimate of drug-likeness (QED) is 0.872. The van der Waals surface area contributed by atoms with E-state index in [1.54, 1.807) is 6.92 Å². The number of hydrogen-bond donors (Lipinski definition) is 2. The van der Waals surface area contributed by atoms with Crippen LogP contribution < -0.4 is 10.6 Å². The fourth-order valence-corrected chi connectivity index (χ4v) is 1.75. The topological polar surface area (TPSA) is 88.8 Å². The Balaban J connectivity index is 2.05. The summed E-state index contributed by atoms with van der Waals surface area (Å²) in [6, 6.07) is 1.89. The summed E-state index contributed by atoms with van der Waals surface area (Å²) in [5, 5.41) is 10.2. The van der Waals surface area contributed by atoms with Crippen molar-refractivity contribution in [2.45, 2.75) is 39.5 Å². The summed E-state index contributed by atoms with van der Waals surface area (Å²) < 4.78 is 4.94.